The summed E-state index contributed by atoms with van der Waals surface area (Å²) in [4.78, 5) is 24.6. The summed E-state index contributed by atoms with van der Waals surface area (Å²) in [5, 5.41) is 0. The highest BCUT2D eigenvalue weighted by atomic mass is 79.9. The Kier molecular flexibility index (Phi) is 3.69. The Morgan fingerprint density at radius 1 is 1.33 bits per heavy atom. The van der Waals surface area contributed by atoms with Crippen molar-refractivity contribution in [1.29, 1.82) is 0 Å². The summed E-state index contributed by atoms with van der Waals surface area (Å²) in [5.74, 6) is 4.82. The highest BCUT2D eigenvalue weighted by molar-refractivity contribution is 9.09. The topological polar surface area (TPSA) is 34.1 Å². The lowest BCUT2D eigenvalue weighted by molar-refractivity contribution is -0.131. The van der Waals surface area contributed by atoms with Crippen LogP contribution in [0.2, 0.25) is 0 Å². The summed E-state index contributed by atoms with van der Waals surface area (Å²) < 4.78 is 0. The fourth-order valence-corrected chi connectivity index (χ4v) is 7.23. The van der Waals surface area contributed by atoms with Crippen LogP contribution in [0.3, 0.4) is 0 Å². The molecule has 3 heteroatoms. The first-order valence-electron chi connectivity index (χ1n) is 8.98. The van der Waals surface area contributed by atoms with Gasteiger partial charge in [-0.05, 0) is 61.2 Å². The highest BCUT2D eigenvalue weighted by Gasteiger charge is 2.60. The van der Waals surface area contributed by atoms with Crippen molar-refractivity contribution < 1.29 is 9.59 Å². The van der Waals surface area contributed by atoms with Gasteiger partial charge in [-0.1, -0.05) is 28.9 Å². The van der Waals surface area contributed by atoms with Crippen LogP contribution < -0.4 is 0 Å². The maximum Gasteiger partial charge on any atom is 0.178 e. The van der Waals surface area contributed by atoms with E-state index in [1.54, 1.807) is 12.2 Å². The van der Waals surface area contributed by atoms with Gasteiger partial charge >= 0.3 is 0 Å². The third-order valence-corrected chi connectivity index (χ3v) is 8.27. The van der Waals surface area contributed by atoms with Crippen molar-refractivity contribution in [3.05, 3.63) is 23.8 Å². The number of allylic oxidation sites excluding steroid dienone is 4. The normalized spacial score (nSPS) is 46.6. The molecule has 0 heterocycles. The third-order valence-electron chi connectivity index (χ3n) is 7.40. The second-order valence-corrected chi connectivity index (χ2v) is 9.36. The van der Waals surface area contributed by atoms with Crippen molar-refractivity contribution in [3.8, 4) is 12.3 Å². The number of rotatable bonds is 1. The lowest BCUT2D eigenvalue weighted by Crippen LogP contribution is -2.53. The number of alkyl halides is 1. The number of carbonyl (C=O) groups excluding carboxylic acids is 2. The predicted molar refractivity (Wildman–Crippen MR) is 97.5 cm³/mol. The van der Waals surface area contributed by atoms with E-state index in [9.17, 15) is 9.59 Å². The Bertz CT molecular complexity index is 712. The van der Waals surface area contributed by atoms with E-state index in [1.807, 2.05) is 0 Å². The average Bonchev–Trinajstić information content (AvgIpc) is 2.85. The van der Waals surface area contributed by atoms with Gasteiger partial charge in [0.1, 0.15) is 5.78 Å². The molecule has 4 aliphatic carbocycles. The van der Waals surface area contributed by atoms with Crippen molar-refractivity contribution in [1.82, 2.24) is 0 Å². The number of carbonyl (C=O) groups is 2. The van der Waals surface area contributed by atoms with Crippen molar-refractivity contribution in [2.75, 3.05) is 0 Å². The zero-order valence-corrected chi connectivity index (χ0v) is 15.6. The van der Waals surface area contributed by atoms with Gasteiger partial charge in [0.05, 0.1) is 0 Å². The van der Waals surface area contributed by atoms with E-state index in [1.165, 1.54) is 5.57 Å². The number of hydrogen-bond donors (Lipinski definition) is 0. The lowest BCUT2D eigenvalue weighted by Gasteiger charge is -2.57. The van der Waals surface area contributed by atoms with Gasteiger partial charge in [-0.15, -0.1) is 12.3 Å². The summed E-state index contributed by atoms with van der Waals surface area (Å²) in [6.07, 6.45) is 16.8. The lowest BCUT2D eigenvalue weighted by atomic mass is 9.47. The van der Waals surface area contributed by atoms with Crippen LogP contribution >= 0.6 is 15.9 Å². The quantitative estimate of drug-likeness (QED) is 0.498. The summed E-state index contributed by atoms with van der Waals surface area (Å²) in [6, 6.07) is 0. The number of terminal acetylenes is 1. The smallest absolute Gasteiger partial charge is 0.178 e. The maximum absolute atomic E-state index is 12.5. The number of fused-ring (bicyclic) bond motifs is 5. The SMILES string of the molecule is C#CC[C@]12C=CC(=O)C=C1[C@H](Br)C[C@H]1[C@@H]3CCC(=O)[C@@]3(C)CC[C@@H]12. The van der Waals surface area contributed by atoms with Crippen LogP contribution in [0.4, 0.5) is 0 Å². The first kappa shape index (κ1) is 16.3. The van der Waals surface area contributed by atoms with Gasteiger partial charge in [0, 0.05) is 28.5 Å². The molecule has 2 nitrogen and oxygen atoms in total. The van der Waals surface area contributed by atoms with Crippen molar-refractivity contribution >= 4 is 27.5 Å². The molecular weight excluding hydrogens is 364 g/mol. The second-order valence-electron chi connectivity index (χ2n) is 8.25. The Hall–Kier alpha value is -1.14. The minimum absolute atomic E-state index is 0.0669. The summed E-state index contributed by atoms with van der Waals surface area (Å²) >= 11 is 3.85. The molecule has 0 aromatic rings. The van der Waals surface area contributed by atoms with E-state index in [4.69, 9.17) is 6.42 Å². The van der Waals surface area contributed by atoms with E-state index >= 15 is 0 Å². The van der Waals surface area contributed by atoms with E-state index in [-0.39, 0.29) is 21.4 Å². The molecule has 126 valence electrons. The molecule has 0 aromatic carbocycles. The van der Waals surface area contributed by atoms with Crippen LogP contribution in [0.5, 0.6) is 0 Å². The fraction of sp³-hybridized carbons (Fsp3) is 0.619. The average molecular weight is 387 g/mol. The molecule has 4 aliphatic rings. The highest BCUT2D eigenvalue weighted by Crippen LogP contribution is 2.65. The van der Waals surface area contributed by atoms with Gasteiger partial charge in [-0.2, -0.15) is 0 Å². The molecule has 0 aromatic heterocycles. The number of ketones is 2. The molecule has 0 aliphatic heterocycles. The van der Waals surface area contributed by atoms with E-state index in [0.717, 1.165) is 32.1 Å². The van der Waals surface area contributed by atoms with E-state index in [0.29, 0.717) is 30.0 Å². The zero-order valence-electron chi connectivity index (χ0n) is 14.1. The molecule has 0 amide bonds. The Morgan fingerprint density at radius 2 is 2.12 bits per heavy atom. The molecule has 3 fully saturated rings. The monoisotopic (exact) mass is 386 g/mol. The molecule has 3 saturated carbocycles. The standard InChI is InChI=1S/C21H23BrO2/c1-3-8-21-10-6-13(23)11-17(21)18(22)12-14-15-4-5-19(24)20(15,2)9-7-16(14)21/h1,6,10-11,14-16,18H,4-5,7-9,12H2,2H3/t14-,15-,16-,18+,20-,21+/m0/s1. The Morgan fingerprint density at radius 3 is 2.88 bits per heavy atom. The van der Waals surface area contributed by atoms with E-state index < -0.39 is 0 Å². The van der Waals surface area contributed by atoms with Gasteiger partial charge < -0.3 is 0 Å². The fourth-order valence-electron chi connectivity index (χ4n) is 6.24. The van der Waals surface area contributed by atoms with Crippen LogP contribution in [0.15, 0.2) is 23.8 Å². The third kappa shape index (κ3) is 2.02. The molecule has 0 unspecified atom stereocenters. The molecule has 4 rings (SSSR count). The van der Waals surface area contributed by atoms with Crippen molar-refractivity contribution in [2.45, 2.75) is 50.3 Å². The van der Waals surface area contributed by atoms with E-state index in [2.05, 4.69) is 34.9 Å². The first-order valence-corrected chi connectivity index (χ1v) is 9.90. The van der Waals surface area contributed by atoms with Gasteiger partial charge in [-0.3, -0.25) is 9.59 Å². The van der Waals surface area contributed by atoms with Crippen LogP contribution in [-0.2, 0) is 9.59 Å². The van der Waals surface area contributed by atoms with Crippen molar-refractivity contribution in [2.24, 2.45) is 28.6 Å². The van der Waals surface area contributed by atoms with Gasteiger partial charge in [0.15, 0.2) is 5.78 Å². The second kappa shape index (κ2) is 5.43. The number of Topliss-reactive ketones (excluding diaryl/α,β-unsaturated/α-hetero) is 1. The molecule has 24 heavy (non-hydrogen) atoms. The maximum atomic E-state index is 12.5. The zero-order chi connectivity index (χ0) is 17.1. The summed E-state index contributed by atoms with van der Waals surface area (Å²) in [6.45, 7) is 2.19. The van der Waals surface area contributed by atoms with Crippen molar-refractivity contribution in [3.63, 3.8) is 0 Å². The molecule has 6 atom stereocenters. The molecule has 0 saturated heterocycles. The minimum Gasteiger partial charge on any atom is -0.299 e. The first-order chi connectivity index (χ1) is 11.4. The van der Waals surface area contributed by atoms with Crippen LogP contribution in [-0.4, -0.2) is 16.4 Å². The number of halogens is 1. The van der Waals surface area contributed by atoms with Crippen LogP contribution in [0, 0.1) is 40.9 Å². The molecule has 0 spiro atoms. The van der Waals surface area contributed by atoms with Crippen LogP contribution in [0.25, 0.3) is 0 Å². The Balaban J connectivity index is 1.80. The van der Waals surface area contributed by atoms with Gasteiger partial charge in [0.2, 0.25) is 0 Å². The van der Waals surface area contributed by atoms with Gasteiger partial charge in [-0.25, -0.2) is 0 Å². The summed E-state index contributed by atoms with van der Waals surface area (Å²) in [5.41, 5.74) is 0.829. The molecule has 0 N–H and O–H groups in total. The number of hydrogen-bond acceptors (Lipinski definition) is 2. The largest absolute Gasteiger partial charge is 0.299 e. The minimum atomic E-state index is -0.202. The predicted octanol–water partition coefficient (Wildman–Crippen LogP) is 4.24. The summed E-state index contributed by atoms with van der Waals surface area (Å²) in [7, 11) is 0. The van der Waals surface area contributed by atoms with Gasteiger partial charge in [0.25, 0.3) is 0 Å². The van der Waals surface area contributed by atoms with Crippen LogP contribution in [0.1, 0.15) is 45.4 Å². The molecular formula is C21H23BrO2. The Labute approximate surface area is 152 Å². The molecule has 0 radical (unpaired) electrons. The molecule has 0 bridgehead atoms.